The summed E-state index contributed by atoms with van der Waals surface area (Å²) in [5, 5.41) is 0.579. The highest BCUT2D eigenvalue weighted by molar-refractivity contribution is 7.19. The van der Waals surface area contributed by atoms with Crippen LogP contribution in [0.25, 0.3) is 21.7 Å². The van der Waals surface area contributed by atoms with E-state index in [1.807, 2.05) is 36.4 Å². The van der Waals surface area contributed by atoms with Gasteiger partial charge in [-0.3, -0.25) is 0 Å². The Balaban J connectivity index is 2.18. The van der Waals surface area contributed by atoms with E-state index in [1.165, 1.54) is 16.9 Å². The van der Waals surface area contributed by atoms with Gasteiger partial charge in [0.1, 0.15) is 0 Å². The fourth-order valence-electron chi connectivity index (χ4n) is 2.19. The first-order chi connectivity index (χ1) is 9.65. The van der Waals surface area contributed by atoms with Crippen LogP contribution in [-0.2, 0) is 0 Å². The van der Waals surface area contributed by atoms with E-state index >= 15 is 0 Å². The molecule has 3 nitrogen and oxygen atoms in total. The van der Waals surface area contributed by atoms with Gasteiger partial charge in [-0.15, -0.1) is 0 Å². The summed E-state index contributed by atoms with van der Waals surface area (Å²) in [5.41, 5.74) is 16.8. The molecule has 0 saturated heterocycles. The highest BCUT2D eigenvalue weighted by atomic mass is 32.1. The summed E-state index contributed by atoms with van der Waals surface area (Å²) in [6.07, 6.45) is 0. The Hall–Kier alpha value is -2.33. The van der Waals surface area contributed by atoms with Gasteiger partial charge in [0.05, 0.1) is 10.6 Å². The topological polar surface area (TPSA) is 64.9 Å². The number of anilines is 2. The van der Waals surface area contributed by atoms with Crippen molar-refractivity contribution in [3.05, 3.63) is 54.1 Å². The van der Waals surface area contributed by atoms with Crippen molar-refractivity contribution >= 4 is 22.2 Å². The van der Waals surface area contributed by atoms with Crippen LogP contribution in [0.15, 0.2) is 48.5 Å². The van der Waals surface area contributed by atoms with Crippen LogP contribution in [0.4, 0.5) is 10.8 Å². The standard InChI is InChI=1S/C16H15N3S/c1-10-4-2-3-5-13(10)14-15(20-16(18)19-14)11-6-8-12(17)9-7-11/h2-9H,17H2,1H3,(H2,18,19). The Morgan fingerprint density at radius 3 is 2.35 bits per heavy atom. The molecule has 2 aromatic carbocycles. The molecule has 0 unspecified atom stereocenters. The summed E-state index contributed by atoms with van der Waals surface area (Å²) in [6.45, 7) is 2.08. The quantitative estimate of drug-likeness (QED) is 0.699. The molecule has 0 fully saturated rings. The van der Waals surface area contributed by atoms with Crippen molar-refractivity contribution in [2.45, 2.75) is 6.92 Å². The van der Waals surface area contributed by atoms with E-state index in [2.05, 4.69) is 24.0 Å². The van der Waals surface area contributed by atoms with Crippen molar-refractivity contribution < 1.29 is 0 Å². The SMILES string of the molecule is Cc1ccccc1-c1nc(N)sc1-c1ccc(N)cc1. The maximum Gasteiger partial charge on any atom is 0.181 e. The van der Waals surface area contributed by atoms with E-state index in [9.17, 15) is 0 Å². The number of nitrogens with zero attached hydrogens (tertiary/aromatic N) is 1. The highest BCUT2D eigenvalue weighted by Gasteiger charge is 2.14. The van der Waals surface area contributed by atoms with Crippen LogP contribution >= 0.6 is 11.3 Å². The molecule has 0 aliphatic heterocycles. The molecule has 0 aliphatic rings. The first-order valence-corrected chi connectivity index (χ1v) is 7.15. The number of aryl methyl sites for hydroxylation is 1. The minimum absolute atomic E-state index is 0.579. The highest BCUT2D eigenvalue weighted by Crippen LogP contribution is 2.39. The zero-order valence-corrected chi connectivity index (χ0v) is 11.9. The zero-order chi connectivity index (χ0) is 14.1. The van der Waals surface area contributed by atoms with Gasteiger partial charge in [-0.05, 0) is 30.2 Å². The third-order valence-corrected chi connectivity index (χ3v) is 4.15. The van der Waals surface area contributed by atoms with Crippen LogP contribution in [-0.4, -0.2) is 4.98 Å². The minimum Gasteiger partial charge on any atom is -0.399 e. The molecule has 3 aromatic rings. The second-order valence-corrected chi connectivity index (χ2v) is 5.70. The summed E-state index contributed by atoms with van der Waals surface area (Å²) >= 11 is 1.50. The summed E-state index contributed by atoms with van der Waals surface area (Å²) in [5.74, 6) is 0. The fraction of sp³-hybridized carbons (Fsp3) is 0.0625. The summed E-state index contributed by atoms with van der Waals surface area (Å²) in [6, 6.07) is 16.0. The molecule has 20 heavy (non-hydrogen) atoms. The Morgan fingerprint density at radius 1 is 0.950 bits per heavy atom. The van der Waals surface area contributed by atoms with E-state index in [-0.39, 0.29) is 0 Å². The molecule has 1 aromatic heterocycles. The Morgan fingerprint density at radius 2 is 1.65 bits per heavy atom. The van der Waals surface area contributed by atoms with Crippen LogP contribution in [0.5, 0.6) is 0 Å². The number of hydrogen-bond acceptors (Lipinski definition) is 4. The van der Waals surface area contributed by atoms with Crippen molar-refractivity contribution in [1.82, 2.24) is 4.98 Å². The molecule has 0 saturated carbocycles. The van der Waals surface area contributed by atoms with E-state index < -0.39 is 0 Å². The molecule has 1 heterocycles. The third kappa shape index (κ3) is 2.26. The van der Waals surface area contributed by atoms with Gasteiger partial charge in [0.15, 0.2) is 5.13 Å². The maximum absolute atomic E-state index is 5.92. The summed E-state index contributed by atoms with van der Waals surface area (Å²) in [7, 11) is 0. The Bertz CT molecular complexity index is 745. The number of nitrogen functional groups attached to an aromatic ring is 2. The van der Waals surface area contributed by atoms with Gasteiger partial charge in [0, 0.05) is 11.3 Å². The van der Waals surface area contributed by atoms with Gasteiger partial charge in [0.2, 0.25) is 0 Å². The van der Waals surface area contributed by atoms with Crippen LogP contribution in [0.2, 0.25) is 0 Å². The first-order valence-electron chi connectivity index (χ1n) is 6.33. The third-order valence-electron chi connectivity index (χ3n) is 3.22. The lowest BCUT2D eigenvalue weighted by Gasteiger charge is -2.06. The molecule has 100 valence electrons. The Kier molecular flexibility index (Phi) is 3.16. The van der Waals surface area contributed by atoms with Gasteiger partial charge in [0.25, 0.3) is 0 Å². The number of hydrogen-bond donors (Lipinski definition) is 2. The monoisotopic (exact) mass is 281 g/mol. The first kappa shape index (κ1) is 12.7. The van der Waals surface area contributed by atoms with E-state index in [0.29, 0.717) is 5.13 Å². The molecule has 0 bridgehead atoms. The van der Waals surface area contributed by atoms with Gasteiger partial charge in [-0.1, -0.05) is 47.7 Å². The van der Waals surface area contributed by atoms with Crippen molar-refractivity contribution in [2.24, 2.45) is 0 Å². The molecule has 4 N–H and O–H groups in total. The number of nitrogens with two attached hydrogens (primary N) is 2. The van der Waals surface area contributed by atoms with Crippen molar-refractivity contribution in [2.75, 3.05) is 11.5 Å². The molecule has 0 aliphatic carbocycles. The zero-order valence-electron chi connectivity index (χ0n) is 11.1. The lowest BCUT2D eigenvalue weighted by molar-refractivity contribution is 1.37. The van der Waals surface area contributed by atoms with Gasteiger partial charge in [-0.2, -0.15) is 0 Å². The molecule has 0 amide bonds. The van der Waals surface area contributed by atoms with E-state index in [1.54, 1.807) is 0 Å². The second-order valence-electron chi connectivity index (χ2n) is 4.67. The molecule has 0 spiro atoms. The molecule has 4 heteroatoms. The van der Waals surface area contributed by atoms with Crippen molar-refractivity contribution in [3.63, 3.8) is 0 Å². The summed E-state index contributed by atoms with van der Waals surface area (Å²) in [4.78, 5) is 5.59. The normalized spacial score (nSPS) is 10.7. The number of thiazole rings is 1. The van der Waals surface area contributed by atoms with Crippen LogP contribution < -0.4 is 11.5 Å². The number of aromatic nitrogens is 1. The smallest absolute Gasteiger partial charge is 0.181 e. The molecule has 0 radical (unpaired) electrons. The predicted octanol–water partition coefficient (Wildman–Crippen LogP) is 3.95. The molecule has 0 atom stereocenters. The average molecular weight is 281 g/mol. The average Bonchev–Trinajstić information content (AvgIpc) is 2.82. The lowest BCUT2D eigenvalue weighted by atomic mass is 10.0. The van der Waals surface area contributed by atoms with Crippen LogP contribution in [0.1, 0.15) is 5.56 Å². The number of rotatable bonds is 2. The number of benzene rings is 2. The van der Waals surface area contributed by atoms with E-state index in [4.69, 9.17) is 11.5 Å². The molecular weight excluding hydrogens is 266 g/mol. The van der Waals surface area contributed by atoms with E-state index in [0.717, 1.165) is 27.4 Å². The van der Waals surface area contributed by atoms with Crippen LogP contribution in [0.3, 0.4) is 0 Å². The fourth-order valence-corrected chi connectivity index (χ4v) is 3.04. The maximum atomic E-state index is 5.92. The largest absolute Gasteiger partial charge is 0.399 e. The summed E-state index contributed by atoms with van der Waals surface area (Å²) < 4.78 is 0. The van der Waals surface area contributed by atoms with Crippen molar-refractivity contribution in [1.29, 1.82) is 0 Å². The molecular formula is C16H15N3S. The van der Waals surface area contributed by atoms with Gasteiger partial charge < -0.3 is 11.5 Å². The lowest BCUT2D eigenvalue weighted by Crippen LogP contribution is -1.88. The van der Waals surface area contributed by atoms with Gasteiger partial charge >= 0.3 is 0 Å². The van der Waals surface area contributed by atoms with Gasteiger partial charge in [-0.25, -0.2) is 4.98 Å². The van der Waals surface area contributed by atoms with Crippen LogP contribution in [0, 0.1) is 6.92 Å². The Labute approximate surface area is 121 Å². The minimum atomic E-state index is 0.579. The van der Waals surface area contributed by atoms with Crippen molar-refractivity contribution in [3.8, 4) is 21.7 Å². The second kappa shape index (κ2) is 4.98. The predicted molar refractivity (Wildman–Crippen MR) is 86.5 cm³/mol. The molecule has 3 rings (SSSR count).